The molecule has 0 heterocycles. The summed E-state index contributed by atoms with van der Waals surface area (Å²) in [7, 11) is -1.18. The molecule has 0 saturated heterocycles. The fraction of sp³-hybridized carbons (Fsp3) is 0.588. The number of benzene rings is 1. The number of ether oxygens (including phenoxy) is 1. The van der Waals surface area contributed by atoms with Crippen molar-refractivity contribution in [3.05, 3.63) is 35.9 Å². The molecule has 1 saturated carbocycles. The van der Waals surface area contributed by atoms with Crippen LogP contribution in [0.4, 0.5) is 4.79 Å². The van der Waals surface area contributed by atoms with Crippen molar-refractivity contribution in [3.63, 3.8) is 0 Å². The van der Waals surface area contributed by atoms with E-state index in [1.807, 2.05) is 30.3 Å². The summed E-state index contributed by atoms with van der Waals surface area (Å²) in [5.41, 5.74) is 6.66. The second kappa shape index (κ2) is 8.64. The molecule has 8 heteroatoms. The van der Waals surface area contributed by atoms with E-state index in [-0.39, 0.29) is 19.1 Å². The molecule has 0 radical (unpaired) electrons. The zero-order valence-corrected chi connectivity index (χ0v) is 15.6. The van der Waals surface area contributed by atoms with Crippen LogP contribution in [0.2, 0.25) is 0 Å². The highest BCUT2D eigenvalue weighted by Crippen LogP contribution is 2.32. The van der Waals surface area contributed by atoms with E-state index < -0.39 is 22.3 Å². The highest BCUT2D eigenvalue weighted by molar-refractivity contribution is 7.87. The minimum Gasteiger partial charge on any atom is -0.444 e. The molecule has 1 unspecified atom stereocenters. The number of hydrogen-bond acceptors (Lipinski definition) is 5. The molecule has 1 atom stereocenters. The van der Waals surface area contributed by atoms with Gasteiger partial charge in [0.2, 0.25) is 0 Å². The quantitative estimate of drug-likeness (QED) is 0.793. The van der Waals surface area contributed by atoms with Crippen molar-refractivity contribution < 1.29 is 17.9 Å². The topological polar surface area (TPSA) is 92.9 Å². The van der Waals surface area contributed by atoms with Crippen molar-refractivity contribution in [2.75, 3.05) is 20.6 Å². The molecule has 0 bridgehead atoms. The molecule has 1 aliphatic rings. The summed E-state index contributed by atoms with van der Waals surface area (Å²) in [6.07, 6.45) is 2.91. The van der Waals surface area contributed by atoms with E-state index in [1.54, 1.807) is 0 Å². The molecule has 1 aromatic rings. The van der Waals surface area contributed by atoms with Crippen molar-refractivity contribution in [1.82, 2.24) is 8.61 Å². The number of hydrogen-bond donors (Lipinski definition) is 1. The van der Waals surface area contributed by atoms with Gasteiger partial charge in [0.05, 0.1) is 6.04 Å². The predicted octanol–water partition coefficient (Wildman–Crippen LogP) is 1.95. The molecule has 1 aromatic carbocycles. The highest BCUT2D eigenvalue weighted by Gasteiger charge is 2.41. The summed E-state index contributed by atoms with van der Waals surface area (Å²) >= 11 is 0. The number of nitrogens with two attached hydrogens (primary N) is 1. The molecule has 1 aliphatic carbocycles. The molecule has 1 amide bonds. The molecule has 25 heavy (non-hydrogen) atoms. The third-order valence-electron chi connectivity index (χ3n) is 4.58. The lowest BCUT2D eigenvalue weighted by molar-refractivity contribution is 0.0998. The number of rotatable bonds is 7. The first kappa shape index (κ1) is 19.7. The van der Waals surface area contributed by atoms with Gasteiger partial charge in [-0.1, -0.05) is 43.2 Å². The van der Waals surface area contributed by atoms with Crippen LogP contribution in [0.3, 0.4) is 0 Å². The molecule has 0 spiro atoms. The number of carbonyl (C=O) groups is 1. The van der Waals surface area contributed by atoms with E-state index in [1.165, 1.54) is 14.1 Å². The first-order valence-corrected chi connectivity index (χ1v) is 9.90. The second-order valence-corrected chi connectivity index (χ2v) is 8.49. The summed E-state index contributed by atoms with van der Waals surface area (Å²) in [6.45, 7) is 0.0965. The van der Waals surface area contributed by atoms with Crippen molar-refractivity contribution in [3.8, 4) is 0 Å². The first-order chi connectivity index (χ1) is 11.9. The highest BCUT2D eigenvalue weighted by atomic mass is 32.2. The van der Waals surface area contributed by atoms with Gasteiger partial charge < -0.3 is 10.5 Å². The molecule has 7 nitrogen and oxygen atoms in total. The van der Waals surface area contributed by atoms with Gasteiger partial charge in [0.15, 0.2) is 0 Å². The van der Waals surface area contributed by atoms with E-state index in [0.29, 0.717) is 0 Å². The molecule has 1 fully saturated rings. The standard InChI is InChI=1S/C17H27N3O4S/c1-19(2)25(22,23)20(16(12-18)15-10-6-7-11-15)17(21)24-13-14-8-4-3-5-9-14/h3-5,8-9,15-16H,6-7,10-13,18H2,1-2H3. The molecular formula is C17H27N3O4S. The van der Waals surface area contributed by atoms with Crippen LogP contribution < -0.4 is 5.73 Å². The number of carbonyl (C=O) groups excluding carboxylic acids is 1. The third kappa shape index (κ3) is 4.71. The van der Waals surface area contributed by atoms with E-state index >= 15 is 0 Å². The Balaban J connectivity index is 2.22. The van der Waals surface area contributed by atoms with Crippen LogP contribution in [0.25, 0.3) is 0 Å². The fourth-order valence-electron chi connectivity index (χ4n) is 3.18. The van der Waals surface area contributed by atoms with Crippen molar-refractivity contribution in [1.29, 1.82) is 0 Å². The number of nitrogens with zero attached hydrogens (tertiary/aromatic N) is 2. The predicted molar refractivity (Wildman–Crippen MR) is 95.9 cm³/mol. The van der Waals surface area contributed by atoms with Gasteiger partial charge in [-0.25, -0.2) is 4.79 Å². The molecule has 0 aromatic heterocycles. The average Bonchev–Trinajstić information content (AvgIpc) is 3.12. The van der Waals surface area contributed by atoms with Crippen molar-refractivity contribution >= 4 is 16.3 Å². The van der Waals surface area contributed by atoms with Crippen molar-refractivity contribution in [2.45, 2.75) is 38.3 Å². The molecule has 2 rings (SSSR count). The van der Waals surface area contributed by atoms with Crippen LogP contribution in [0.1, 0.15) is 31.2 Å². The second-order valence-electron chi connectivity index (χ2n) is 6.47. The fourth-order valence-corrected chi connectivity index (χ4v) is 4.37. The summed E-state index contributed by atoms with van der Waals surface area (Å²) in [6, 6.07) is 8.57. The van der Waals surface area contributed by atoms with Crippen LogP contribution >= 0.6 is 0 Å². The Bertz CT molecular complexity index is 658. The van der Waals surface area contributed by atoms with Crippen LogP contribution in [0.5, 0.6) is 0 Å². The van der Waals surface area contributed by atoms with E-state index in [0.717, 1.165) is 39.9 Å². The van der Waals surface area contributed by atoms with Gasteiger partial charge in [-0.05, 0) is 24.3 Å². The summed E-state index contributed by atoms with van der Waals surface area (Å²) in [5.74, 6) is 0.0731. The largest absolute Gasteiger partial charge is 0.444 e. The Morgan fingerprint density at radius 2 is 1.84 bits per heavy atom. The summed E-state index contributed by atoms with van der Waals surface area (Å²) in [4.78, 5) is 12.7. The van der Waals surface area contributed by atoms with Gasteiger partial charge in [-0.3, -0.25) is 0 Å². The van der Waals surface area contributed by atoms with Crippen LogP contribution in [-0.4, -0.2) is 49.8 Å². The molecule has 2 N–H and O–H groups in total. The lowest BCUT2D eigenvalue weighted by atomic mass is 9.98. The summed E-state index contributed by atoms with van der Waals surface area (Å²) < 4.78 is 32.6. The maximum atomic E-state index is 12.7. The van der Waals surface area contributed by atoms with Gasteiger partial charge in [0.1, 0.15) is 6.61 Å². The zero-order valence-electron chi connectivity index (χ0n) is 14.8. The molecule has 140 valence electrons. The van der Waals surface area contributed by atoms with Crippen molar-refractivity contribution in [2.24, 2.45) is 11.7 Å². The smallest absolute Gasteiger partial charge is 0.425 e. The van der Waals surface area contributed by atoms with Crippen LogP contribution in [-0.2, 0) is 21.6 Å². The van der Waals surface area contributed by atoms with Gasteiger partial charge in [0.25, 0.3) is 0 Å². The van der Waals surface area contributed by atoms with E-state index in [9.17, 15) is 13.2 Å². The maximum absolute atomic E-state index is 12.7. The molecule has 0 aliphatic heterocycles. The van der Waals surface area contributed by atoms with Gasteiger partial charge >= 0.3 is 16.3 Å². The zero-order chi connectivity index (χ0) is 18.4. The Morgan fingerprint density at radius 1 is 1.24 bits per heavy atom. The molecular weight excluding hydrogens is 342 g/mol. The third-order valence-corrected chi connectivity index (χ3v) is 6.42. The average molecular weight is 369 g/mol. The van der Waals surface area contributed by atoms with E-state index in [4.69, 9.17) is 10.5 Å². The monoisotopic (exact) mass is 369 g/mol. The Hall–Kier alpha value is -1.64. The Kier molecular flexibility index (Phi) is 6.80. The Labute approximate surface area is 149 Å². The number of amides is 1. The van der Waals surface area contributed by atoms with Crippen LogP contribution in [0, 0.1) is 5.92 Å². The SMILES string of the molecule is CN(C)S(=O)(=O)N(C(=O)OCc1ccccc1)C(CN)C1CCCC1. The summed E-state index contributed by atoms with van der Waals surface area (Å²) in [5, 5.41) is 0. The normalized spacial score (nSPS) is 16.8. The first-order valence-electron chi connectivity index (χ1n) is 8.50. The minimum absolute atomic E-state index is 0.0150. The minimum atomic E-state index is -3.98. The van der Waals surface area contributed by atoms with Gasteiger partial charge in [-0.15, -0.1) is 0 Å². The lowest BCUT2D eigenvalue weighted by Crippen LogP contribution is -2.54. The van der Waals surface area contributed by atoms with Gasteiger partial charge in [0, 0.05) is 20.6 Å². The lowest BCUT2D eigenvalue weighted by Gasteiger charge is -2.34. The van der Waals surface area contributed by atoms with E-state index in [2.05, 4.69) is 0 Å². The van der Waals surface area contributed by atoms with Gasteiger partial charge in [-0.2, -0.15) is 17.0 Å². The van der Waals surface area contributed by atoms with Crippen LogP contribution in [0.15, 0.2) is 30.3 Å². The maximum Gasteiger partial charge on any atom is 0.425 e. The Morgan fingerprint density at radius 3 is 2.36 bits per heavy atom.